The quantitative estimate of drug-likeness (QED) is 0.874. The van der Waals surface area contributed by atoms with Crippen molar-refractivity contribution in [3.05, 3.63) is 53.5 Å². The van der Waals surface area contributed by atoms with Gasteiger partial charge in [0.2, 0.25) is 0 Å². The summed E-state index contributed by atoms with van der Waals surface area (Å²) in [4.78, 5) is 14.8. The number of pyridine rings is 1. The highest BCUT2D eigenvalue weighted by Gasteiger charge is 2.13. The Hall–Kier alpha value is -2.43. The van der Waals surface area contributed by atoms with E-state index < -0.39 is 11.8 Å². The van der Waals surface area contributed by atoms with Crippen LogP contribution in [0.2, 0.25) is 0 Å². The van der Waals surface area contributed by atoms with Crippen LogP contribution >= 0.6 is 0 Å². The number of hydrogen-bond acceptors (Lipinski definition) is 3. The molecule has 0 aliphatic heterocycles. The van der Waals surface area contributed by atoms with E-state index in [2.05, 4.69) is 17.2 Å². The van der Waals surface area contributed by atoms with Gasteiger partial charge in [-0.05, 0) is 30.2 Å². The molecule has 0 aliphatic carbocycles. The van der Waals surface area contributed by atoms with E-state index in [1.54, 1.807) is 0 Å². The molecule has 0 amide bonds. The Labute approximate surface area is 116 Å². The lowest BCUT2D eigenvalue weighted by molar-refractivity contribution is 0.0697. The fraction of sp³-hybridized carbons (Fsp3) is 0.200. The summed E-state index contributed by atoms with van der Waals surface area (Å²) in [5.74, 6) is -1.77. The van der Waals surface area contributed by atoms with Crippen LogP contribution < -0.4 is 5.32 Å². The molecule has 0 radical (unpaired) electrons. The number of carboxylic acids is 1. The van der Waals surface area contributed by atoms with Crippen LogP contribution in [-0.2, 0) is 6.42 Å². The monoisotopic (exact) mass is 274 g/mol. The number of anilines is 2. The Kier molecular flexibility index (Phi) is 4.30. The van der Waals surface area contributed by atoms with Gasteiger partial charge in [-0.1, -0.05) is 25.5 Å². The number of nitrogens with one attached hydrogen (secondary N) is 1. The molecule has 1 heterocycles. The van der Waals surface area contributed by atoms with Crippen LogP contribution in [0, 0.1) is 5.82 Å². The molecule has 0 saturated carbocycles. The molecule has 0 aliphatic rings. The van der Waals surface area contributed by atoms with E-state index in [0.717, 1.165) is 25.1 Å². The zero-order valence-electron chi connectivity index (χ0n) is 11.1. The summed E-state index contributed by atoms with van der Waals surface area (Å²) in [6.45, 7) is 2.10. The molecule has 1 aromatic heterocycles. The first-order valence-corrected chi connectivity index (χ1v) is 6.35. The fourth-order valence-corrected chi connectivity index (χ4v) is 1.88. The first-order chi connectivity index (χ1) is 9.60. The van der Waals surface area contributed by atoms with Crippen molar-refractivity contribution in [3.63, 3.8) is 0 Å². The summed E-state index contributed by atoms with van der Waals surface area (Å²) >= 11 is 0. The number of carboxylic acid groups (broad SMARTS) is 1. The van der Waals surface area contributed by atoms with Gasteiger partial charge in [0.25, 0.3) is 0 Å². The Balaban J connectivity index is 2.23. The number of aromatic nitrogens is 1. The number of rotatable bonds is 5. The molecule has 2 N–H and O–H groups in total. The van der Waals surface area contributed by atoms with Gasteiger partial charge in [-0.25, -0.2) is 14.2 Å². The molecule has 1 aromatic carbocycles. The molecule has 5 heteroatoms. The molecule has 2 aromatic rings. The normalized spacial score (nSPS) is 10.3. The van der Waals surface area contributed by atoms with Gasteiger partial charge in [0.1, 0.15) is 17.2 Å². The molecule has 0 unspecified atom stereocenters. The summed E-state index contributed by atoms with van der Waals surface area (Å²) in [7, 11) is 0. The predicted molar refractivity (Wildman–Crippen MR) is 74.9 cm³/mol. The predicted octanol–water partition coefficient (Wildman–Crippen LogP) is 3.62. The molecule has 0 saturated heterocycles. The molecule has 0 bridgehead atoms. The molecular formula is C15H15FN2O2. The molecule has 0 atom stereocenters. The number of benzene rings is 1. The summed E-state index contributed by atoms with van der Waals surface area (Å²) in [5, 5.41) is 11.9. The lowest BCUT2D eigenvalue weighted by Crippen LogP contribution is -2.05. The Morgan fingerprint density at radius 2 is 2.05 bits per heavy atom. The third kappa shape index (κ3) is 3.32. The summed E-state index contributed by atoms with van der Waals surface area (Å²) in [6.07, 6.45) is 3.05. The fourth-order valence-electron chi connectivity index (χ4n) is 1.88. The maximum atomic E-state index is 13.0. The van der Waals surface area contributed by atoms with E-state index in [4.69, 9.17) is 5.11 Å². The molecular weight excluding hydrogens is 259 g/mol. The smallest absolute Gasteiger partial charge is 0.339 e. The van der Waals surface area contributed by atoms with Crippen LogP contribution in [0.25, 0.3) is 0 Å². The number of hydrogen-bond donors (Lipinski definition) is 2. The minimum absolute atomic E-state index is 0.127. The lowest BCUT2D eigenvalue weighted by atomic mass is 10.1. The average molecular weight is 274 g/mol. The van der Waals surface area contributed by atoms with E-state index in [1.165, 1.54) is 5.56 Å². The van der Waals surface area contributed by atoms with E-state index in [9.17, 15) is 9.18 Å². The van der Waals surface area contributed by atoms with Gasteiger partial charge in [0, 0.05) is 5.69 Å². The summed E-state index contributed by atoms with van der Waals surface area (Å²) in [5.41, 5.74) is 1.73. The van der Waals surface area contributed by atoms with Gasteiger partial charge in [0.05, 0.1) is 6.20 Å². The van der Waals surface area contributed by atoms with Crippen molar-refractivity contribution >= 4 is 17.5 Å². The third-order valence-corrected chi connectivity index (χ3v) is 2.84. The summed E-state index contributed by atoms with van der Waals surface area (Å²) in [6, 6.07) is 8.58. The van der Waals surface area contributed by atoms with Gasteiger partial charge >= 0.3 is 5.97 Å². The highest BCUT2D eigenvalue weighted by atomic mass is 19.1. The van der Waals surface area contributed by atoms with Crippen molar-refractivity contribution in [3.8, 4) is 0 Å². The van der Waals surface area contributed by atoms with Crippen LogP contribution in [0.5, 0.6) is 0 Å². The first-order valence-electron chi connectivity index (χ1n) is 6.35. The SMILES string of the molecule is CCCc1ccc(Nc2ncc(F)cc2C(=O)O)cc1. The second-order valence-electron chi connectivity index (χ2n) is 4.43. The number of aryl methyl sites for hydroxylation is 1. The second-order valence-corrected chi connectivity index (χ2v) is 4.43. The maximum absolute atomic E-state index is 13.0. The minimum Gasteiger partial charge on any atom is -0.478 e. The molecule has 0 fully saturated rings. The topological polar surface area (TPSA) is 62.2 Å². The molecule has 20 heavy (non-hydrogen) atoms. The average Bonchev–Trinajstić information content (AvgIpc) is 2.43. The highest BCUT2D eigenvalue weighted by Crippen LogP contribution is 2.20. The highest BCUT2D eigenvalue weighted by molar-refractivity contribution is 5.93. The molecule has 0 spiro atoms. The number of nitrogens with zero attached hydrogens (tertiary/aromatic N) is 1. The van der Waals surface area contributed by atoms with Crippen LogP contribution in [0.3, 0.4) is 0 Å². The van der Waals surface area contributed by atoms with Crippen molar-refractivity contribution in [2.24, 2.45) is 0 Å². The van der Waals surface area contributed by atoms with E-state index >= 15 is 0 Å². The summed E-state index contributed by atoms with van der Waals surface area (Å²) < 4.78 is 13.0. The Morgan fingerprint density at radius 1 is 1.35 bits per heavy atom. The van der Waals surface area contributed by atoms with Crippen LogP contribution in [0.15, 0.2) is 36.5 Å². The van der Waals surface area contributed by atoms with E-state index in [-0.39, 0.29) is 11.4 Å². The molecule has 104 valence electrons. The lowest BCUT2D eigenvalue weighted by Gasteiger charge is -2.09. The van der Waals surface area contributed by atoms with Crippen molar-refractivity contribution in [2.75, 3.05) is 5.32 Å². The zero-order valence-corrected chi connectivity index (χ0v) is 11.1. The van der Waals surface area contributed by atoms with Crippen molar-refractivity contribution < 1.29 is 14.3 Å². The minimum atomic E-state index is -1.22. The van der Waals surface area contributed by atoms with Gasteiger partial charge in [-0.3, -0.25) is 0 Å². The van der Waals surface area contributed by atoms with Crippen LogP contribution in [0.4, 0.5) is 15.9 Å². The number of aromatic carboxylic acids is 1. The Morgan fingerprint density at radius 3 is 2.65 bits per heavy atom. The van der Waals surface area contributed by atoms with Gasteiger partial charge in [-0.15, -0.1) is 0 Å². The standard InChI is InChI=1S/C15H15FN2O2/c1-2-3-10-4-6-12(7-5-10)18-14-13(15(19)20)8-11(16)9-17-14/h4-9H,2-3H2,1H3,(H,17,18)(H,19,20). The van der Waals surface area contributed by atoms with Gasteiger partial charge in [-0.2, -0.15) is 0 Å². The Bertz CT molecular complexity index is 612. The van der Waals surface area contributed by atoms with Crippen molar-refractivity contribution in [1.82, 2.24) is 4.98 Å². The first kappa shape index (κ1) is 14.0. The molecule has 4 nitrogen and oxygen atoms in total. The second kappa shape index (κ2) is 6.14. The number of carbonyl (C=O) groups is 1. The van der Waals surface area contributed by atoms with Crippen LogP contribution in [-0.4, -0.2) is 16.1 Å². The van der Waals surface area contributed by atoms with E-state index in [0.29, 0.717) is 5.69 Å². The van der Waals surface area contributed by atoms with Crippen LogP contribution in [0.1, 0.15) is 29.3 Å². The zero-order chi connectivity index (χ0) is 14.5. The third-order valence-electron chi connectivity index (χ3n) is 2.84. The molecule has 2 rings (SSSR count). The van der Waals surface area contributed by atoms with Gasteiger partial charge in [0.15, 0.2) is 0 Å². The number of halogens is 1. The van der Waals surface area contributed by atoms with Crippen molar-refractivity contribution in [2.45, 2.75) is 19.8 Å². The largest absolute Gasteiger partial charge is 0.478 e. The van der Waals surface area contributed by atoms with Crippen molar-refractivity contribution in [1.29, 1.82) is 0 Å². The van der Waals surface area contributed by atoms with E-state index in [1.807, 2.05) is 24.3 Å². The maximum Gasteiger partial charge on any atom is 0.339 e. The van der Waals surface area contributed by atoms with Gasteiger partial charge < -0.3 is 10.4 Å².